The zero-order valence-electron chi connectivity index (χ0n) is 14.5. The van der Waals surface area contributed by atoms with Crippen molar-refractivity contribution < 1.29 is 0 Å². The molecule has 2 aliphatic carbocycles. The molecule has 1 aromatic carbocycles. The molecule has 0 nitrogen and oxygen atoms in total. The fraction of sp³-hybridized carbons (Fsp3) is 0.636. The van der Waals surface area contributed by atoms with Crippen molar-refractivity contribution in [2.24, 2.45) is 11.8 Å². The van der Waals surface area contributed by atoms with Gasteiger partial charge < -0.3 is 0 Å². The summed E-state index contributed by atoms with van der Waals surface area (Å²) in [5.74, 6) is 2.81. The first-order valence-corrected chi connectivity index (χ1v) is 9.56. The molecule has 0 spiro atoms. The lowest BCUT2D eigenvalue weighted by Gasteiger charge is -2.35. The van der Waals surface area contributed by atoms with Crippen molar-refractivity contribution in [3.63, 3.8) is 0 Å². The lowest BCUT2D eigenvalue weighted by Crippen LogP contribution is -2.22. The highest BCUT2D eigenvalue weighted by molar-refractivity contribution is 5.25. The van der Waals surface area contributed by atoms with Crippen molar-refractivity contribution >= 4 is 0 Å². The number of hydrogen-bond donors (Lipinski definition) is 0. The summed E-state index contributed by atoms with van der Waals surface area (Å²) < 4.78 is 0. The summed E-state index contributed by atoms with van der Waals surface area (Å²) in [7, 11) is 0. The molecule has 0 heterocycles. The Hall–Kier alpha value is -1.04. The molecule has 1 aromatic rings. The Morgan fingerprint density at radius 3 is 2.09 bits per heavy atom. The van der Waals surface area contributed by atoms with Gasteiger partial charge in [-0.2, -0.15) is 0 Å². The molecule has 0 bridgehead atoms. The predicted octanol–water partition coefficient (Wildman–Crippen LogP) is 6.66. The number of aryl methyl sites for hydroxylation is 1. The second-order valence-corrected chi connectivity index (χ2v) is 7.46. The first kappa shape index (κ1) is 15.8. The molecule has 3 rings (SSSR count). The fourth-order valence-electron chi connectivity index (χ4n) is 4.61. The van der Waals surface area contributed by atoms with Gasteiger partial charge in [0.1, 0.15) is 0 Å². The van der Waals surface area contributed by atoms with Gasteiger partial charge >= 0.3 is 0 Å². The first-order chi connectivity index (χ1) is 10.8. The Bertz CT molecular complexity index is 485. The zero-order chi connectivity index (χ0) is 15.4. The van der Waals surface area contributed by atoms with Crippen LogP contribution in [0, 0.1) is 11.8 Å². The van der Waals surface area contributed by atoms with Crippen LogP contribution in [0.1, 0.15) is 82.3 Å². The van der Waals surface area contributed by atoms with Crippen LogP contribution in [-0.2, 0) is 6.42 Å². The molecule has 0 N–H and O–H groups in total. The quantitative estimate of drug-likeness (QED) is 0.545. The van der Waals surface area contributed by atoms with Gasteiger partial charge in [-0.3, -0.25) is 0 Å². The normalized spacial score (nSPS) is 29.2. The molecule has 0 aromatic heterocycles. The van der Waals surface area contributed by atoms with E-state index in [0.29, 0.717) is 0 Å². The molecule has 120 valence electrons. The maximum atomic E-state index is 2.56. The molecular weight excluding hydrogens is 264 g/mol. The van der Waals surface area contributed by atoms with Gasteiger partial charge in [-0.15, -0.1) is 0 Å². The molecule has 0 amide bonds. The van der Waals surface area contributed by atoms with E-state index in [2.05, 4.69) is 44.2 Å². The van der Waals surface area contributed by atoms with E-state index in [1.807, 2.05) is 0 Å². The topological polar surface area (TPSA) is 0 Å². The molecule has 1 saturated carbocycles. The van der Waals surface area contributed by atoms with Crippen LogP contribution >= 0.6 is 0 Å². The highest BCUT2D eigenvalue weighted by atomic mass is 14.3. The minimum atomic E-state index is 0.826. The molecule has 0 radical (unpaired) electrons. The maximum Gasteiger partial charge on any atom is -0.0162 e. The van der Waals surface area contributed by atoms with Gasteiger partial charge in [-0.25, -0.2) is 0 Å². The highest BCUT2D eigenvalue weighted by Crippen LogP contribution is 2.42. The van der Waals surface area contributed by atoms with E-state index in [9.17, 15) is 0 Å². The fourth-order valence-corrected chi connectivity index (χ4v) is 4.61. The highest BCUT2D eigenvalue weighted by Gasteiger charge is 2.28. The van der Waals surface area contributed by atoms with Crippen LogP contribution in [0.3, 0.4) is 0 Å². The maximum absolute atomic E-state index is 2.56. The lowest BCUT2D eigenvalue weighted by atomic mass is 9.70. The van der Waals surface area contributed by atoms with Crippen LogP contribution in [0.2, 0.25) is 0 Å². The summed E-state index contributed by atoms with van der Waals surface area (Å²) in [5.41, 5.74) is 4.77. The van der Waals surface area contributed by atoms with Crippen molar-refractivity contribution in [3.8, 4) is 0 Å². The predicted molar refractivity (Wildman–Crippen MR) is 96.2 cm³/mol. The van der Waals surface area contributed by atoms with Gasteiger partial charge in [0.2, 0.25) is 0 Å². The third-order valence-corrected chi connectivity index (χ3v) is 6.30. The molecule has 1 fully saturated rings. The van der Waals surface area contributed by atoms with Crippen LogP contribution < -0.4 is 0 Å². The minimum absolute atomic E-state index is 0.826. The number of allylic oxidation sites excluding steroid dienone is 2. The second-order valence-electron chi connectivity index (χ2n) is 7.46. The van der Waals surface area contributed by atoms with Crippen molar-refractivity contribution in [2.75, 3.05) is 0 Å². The first-order valence-electron chi connectivity index (χ1n) is 9.56. The van der Waals surface area contributed by atoms with Gasteiger partial charge in [0.15, 0.2) is 0 Å². The molecule has 2 aliphatic rings. The molecular formula is C22H32. The molecule has 0 heteroatoms. The van der Waals surface area contributed by atoms with E-state index < -0.39 is 0 Å². The van der Waals surface area contributed by atoms with E-state index in [-0.39, 0.29) is 0 Å². The third kappa shape index (κ3) is 3.65. The number of rotatable bonds is 4. The SMILES string of the molecule is CCC1=CCC(C2CCC(c3ccc(CC)cc3)CC2)CC1. The van der Waals surface area contributed by atoms with Gasteiger partial charge in [0.25, 0.3) is 0 Å². The summed E-state index contributed by atoms with van der Waals surface area (Å²) in [6.07, 6.45) is 14.9. The summed E-state index contributed by atoms with van der Waals surface area (Å²) in [5, 5.41) is 0. The van der Waals surface area contributed by atoms with Crippen LogP contribution in [0.5, 0.6) is 0 Å². The van der Waals surface area contributed by atoms with E-state index in [1.165, 1.54) is 56.9 Å². The number of benzene rings is 1. The van der Waals surface area contributed by atoms with E-state index in [0.717, 1.165) is 24.2 Å². The summed E-state index contributed by atoms with van der Waals surface area (Å²) in [6, 6.07) is 9.45. The van der Waals surface area contributed by atoms with Crippen LogP contribution in [0.4, 0.5) is 0 Å². The van der Waals surface area contributed by atoms with Crippen LogP contribution in [-0.4, -0.2) is 0 Å². The summed E-state index contributed by atoms with van der Waals surface area (Å²) in [4.78, 5) is 0. The monoisotopic (exact) mass is 296 g/mol. The number of hydrogen-bond acceptors (Lipinski definition) is 0. The van der Waals surface area contributed by atoms with E-state index in [1.54, 1.807) is 11.1 Å². The molecule has 1 unspecified atom stereocenters. The molecule has 0 aliphatic heterocycles. The average Bonchev–Trinajstić information content (AvgIpc) is 2.62. The molecule has 1 atom stereocenters. The smallest absolute Gasteiger partial charge is 0.0162 e. The molecule has 22 heavy (non-hydrogen) atoms. The largest absolute Gasteiger partial charge is 0.0851 e. The second kappa shape index (κ2) is 7.49. The standard InChI is InChI=1S/C22H32/c1-3-17-5-9-19(10-6-17)21-13-15-22(16-14-21)20-11-7-18(4-2)8-12-20/h5-7,9-10,20-22H,3-4,8,11-16H2,1-2H3. The Balaban J connectivity index is 1.53. The van der Waals surface area contributed by atoms with Gasteiger partial charge in [0, 0.05) is 0 Å². The summed E-state index contributed by atoms with van der Waals surface area (Å²) in [6.45, 7) is 4.55. The zero-order valence-corrected chi connectivity index (χ0v) is 14.5. The van der Waals surface area contributed by atoms with E-state index >= 15 is 0 Å². The lowest BCUT2D eigenvalue weighted by molar-refractivity contribution is 0.217. The van der Waals surface area contributed by atoms with Crippen molar-refractivity contribution in [3.05, 3.63) is 47.0 Å². The summed E-state index contributed by atoms with van der Waals surface area (Å²) >= 11 is 0. The van der Waals surface area contributed by atoms with Crippen molar-refractivity contribution in [1.29, 1.82) is 0 Å². The van der Waals surface area contributed by atoms with Crippen LogP contribution in [0.15, 0.2) is 35.9 Å². The third-order valence-electron chi connectivity index (χ3n) is 6.30. The minimum Gasteiger partial charge on any atom is -0.0851 e. The Labute approximate surface area is 137 Å². The van der Waals surface area contributed by atoms with Crippen LogP contribution in [0.25, 0.3) is 0 Å². The van der Waals surface area contributed by atoms with Gasteiger partial charge in [0.05, 0.1) is 0 Å². The van der Waals surface area contributed by atoms with Gasteiger partial charge in [-0.1, -0.05) is 49.8 Å². The van der Waals surface area contributed by atoms with Crippen molar-refractivity contribution in [1.82, 2.24) is 0 Å². The Morgan fingerprint density at radius 2 is 1.55 bits per heavy atom. The van der Waals surface area contributed by atoms with E-state index in [4.69, 9.17) is 0 Å². The molecule has 0 saturated heterocycles. The van der Waals surface area contributed by atoms with Crippen molar-refractivity contribution in [2.45, 2.75) is 77.6 Å². The average molecular weight is 296 g/mol. The Kier molecular flexibility index (Phi) is 5.39. The Morgan fingerprint density at radius 1 is 0.818 bits per heavy atom. The van der Waals surface area contributed by atoms with Gasteiger partial charge in [-0.05, 0) is 86.7 Å².